The van der Waals surface area contributed by atoms with Crippen LogP contribution in [0.5, 0.6) is 0 Å². The van der Waals surface area contributed by atoms with Gasteiger partial charge in [0.25, 0.3) is 0 Å². The number of amides is 1. The molecule has 0 aromatic carbocycles. The standard InChI is InChI=1S/C12H23NO3/c1-8(12(3,4)5)10(9(2)15-6)13-11(14)16-7/h9-10H,1H2,2-7H3,(H,13,14)/t9?,10-/m1/s1. The Balaban J connectivity index is 4.81. The monoisotopic (exact) mass is 229 g/mol. The Labute approximate surface area is 98.0 Å². The number of methoxy groups -OCH3 is 2. The fourth-order valence-electron chi connectivity index (χ4n) is 1.28. The van der Waals surface area contributed by atoms with Crippen molar-refractivity contribution < 1.29 is 14.3 Å². The zero-order valence-electron chi connectivity index (χ0n) is 11.1. The first-order valence-electron chi connectivity index (χ1n) is 5.30. The number of hydrogen-bond acceptors (Lipinski definition) is 3. The Morgan fingerprint density at radius 1 is 1.31 bits per heavy atom. The number of alkyl carbamates (subject to hydrolysis) is 1. The number of rotatable bonds is 4. The minimum absolute atomic E-state index is 0.0987. The van der Waals surface area contributed by atoms with Gasteiger partial charge in [-0.05, 0) is 17.9 Å². The minimum Gasteiger partial charge on any atom is -0.453 e. The second-order valence-electron chi connectivity index (χ2n) is 4.83. The molecule has 0 bridgehead atoms. The van der Waals surface area contributed by atoms with E-state index in [1.165, 1.54) is 7.11 Å². The van der Waals surface area contributed by atoms with Crippen molar-refractivity contribution in [3.63, 3.8) is 0 Å². The van der Waals surface area contributed by atoms with Crippen LogP contribution >= 0.6 is 0 Å². The SMILES string of the molecule is C=C([C@@H](NC(=O)OC)C(C)OC)C(C)(C)C. The van der Waals surface area contributed by atoms with E-state index in [0.717, 1.165) is 5.57 Å². The van der Waals surface area contributed by atoms with Crippen molar-refractivity contribution in [3.8, 4) is 0 Å². The first kappa shape index (κ1) is 15.0. The van der Waals surface area contributed by atoms with Gasteiger partial charge >= 0.3 is 6.09 Å². The van der Waals surface area contributed by atoms with Crippen molar-refractivity contribution in [2.24, 2.45) is 5.41 Å². The van der Waals surface area contributed by atoms with E-state index in [4.69, 9.17) is 4.74 Å². The van der Waals surface area contributed by atoms with Gasteiger partial charge in [-0.3, -0.25) is 0 Å². The van der Waals surface area contributed by atoms with Crippen LogP contribution in [0.1, 0.15) is 27.7 Å². The van der Waals surface area contributed by atoms with Crippen LogP contribution in [-0.2, 0) is 9.47 Å². The molecule has 0 aliphatic rings. The Kier molecular flexibility index (Phi) is 5.51. The molecule has 0 heterocycles. The summed E-state index contributed by atoms with van der Waals surface area (Å²) >= 11 is 0. The highest BCUT2D eigenvalue weighted by atomic mass is 16.5. The van der Waals surface area contributed by atoms with Gasteiger partial charge in [0, 0.05) is 7.11 Å². The molecule has 0 aliphatic carbocycles. The molecule has 2 atom stereocenters. The van der Waals surface area contributed by atoms with Crippen LogP contribution in [-0.4, -0.2) is 32.5 Å². The molecule has 0 radical (unpaired) electrons. The third-order valence-electron chi connectivity index (χ3n) is 2.64. The molecule has 0 aromatic heterocycles. The topological polar surface area (TPSA) is 47.6 Å². The highest BCUT2D eigenvalue weighted by Crippen LogP contribution is 2.28. The summed E-state index contributed by atoms with van der Waals surface area (Å²) in [4.78, 5) is 11.2. The largest absolute Gasteiger partial charge is 0.453 e. The molecule has 1 amide bonds. The van der Waals surface area contributed by atoms with Crippen molar-refractivity contribution in [2.45, 2.75) is 39.8 Å². The quantitative estimate of drug-likeness (QED) is 0.753. The van der Waals surface area contributed by atoms with Crippen LogP contribution in [0.2, 0.25) is 0 Å². The van der Waals surface area contributed by atoms with Gasteiger partial charge in [0.1, 0.15) is 0 Å². The minimum atomic E-state index is -0.473. The van der Waals surface area contributed by atoms with Crippen molar-refractivity contribution in [1.29, 1.82) is 0 Å². The van der Waals surface area contributed by atoms with Gasteiger partial charge in [0.15, 0.2) is 0 Å². The maximum Gasteiger partial charge on any atom is 0.407 e. The van der Waals surface area contributed by atoms with Crippen molar-refractivity contribution in [1.82, 2.24) is 5.32 Å². The summed E-state index contributed by atoms with van der Waals surface area (Å²) in [5, 5.41) is 2.74. The Morgan fingerprint density at radius 3 is 2.12 bits per heavy atom. The van der Waals surface area contributed by atoms with E-state index < -0.39 is 6.09 Å². The maximum absolute atomic E-state index is 11.2. The molecule has 0 rings (SSSR count). The van der Waals surface area contributed by atoms with Crippen LogP contribution in [0.15, 0.2) is 12.2 Å². The van der Waals surface area contributed by atoms with E-state index in [-0.39, 0.29) is 17.6 Å². The van der Waals surface area contributed by atoms with Crippen molar-refractivity contribution >= 4 is 6.09 Å². The summed E-state index contributed by atoms with van der Waals surface area (Å²) in [6.45, 7) is 12.1. The summed E-state index contributed by atoms with van der Waals surface area (Å²) in [5.41, 5.74) is 0.811. The maximum atomic E-state index is 11.2. The van der Waals surface area contributed by atoms with Crippen molar-refractivity contribution in [2.75, 3.05) is 14.2 Å². The van der Waals surface area contributed by atoms with Gasteiger partial charge in [-0.25, -0.2) is 4.79 Å². The number of nitrogens with one attached hydrogen (secondary N) is 1. The molecule has 0 aliphatic heterocycles. The predicted molar refractivity (Wildman–Crippen MR) is 64.4 cm³/mol. The van der Waals surface area contributed by atoms with Crippen LogP contribution < -0.4 is 5.32 Å². The van der Waals surface area contributed by atoms with E-state index >= 15 is 0 Å². The second kappa shape index (κ2) is 5.89. The van der Waals surface area contributed by atoms with Gasteiger partial charge in [-0.1, -0.05) is 27.4 Å². The fraction of sp³-hybridized carbons (Fsp3) is 0.750. The molecule has 4 heteroatoms. The number of carbonyl (C=O) groups is 1. The highest BCUT2D eigenvalue weighted by Gasteiger charge is 2.29. The molecule has 16 heavy (non-hydrogen) atoms. The molecular formula is C12H23NO3. The lowest BCUT2D eigenvalue weighted by Gasteiger charge is -2.32. The molecule has 1 unspecified atom stereocenters. The highest BCUT2D eigenvalue weighted by molar-refractivity contribution is 5.68. The van der Waals surface area contributed by atoms with Gasteiger partial charge in [-0.15, -0.1) is 0 Å². The predicted octanol–water partition coefficient (Wildman–Crippen LogP) is 2.35. The summed E-state index contributed by atoms with van der Waals surface area (Å²) < 4.78 is 9.83. The smallest absolute Gasteiger partial charge is 0.407 e. The first-order chi connectivity index (χ1) is 7.23. The van der Waals surface area contributed by atoms with Crippen LogP contribution in [0.4, 0.5) is 4.79 Å². The average molecular weight is 229 g/mol. The van der Waals surface area contributed by atoms with Crippen LogP contribution in [0, 0.1) is 5.41 Å². The fourth-order valence-corrected chi connectivity index (χ4v) is 1.28. The van der Waals surface area contributed by atoms with E-state index in [0.29, 0.717) is 0 Å². The molecule has 0 saturated heterocycles. The lowest BCUT2D eigenvalue weighted by atomic mass is 9.81. The zero-order valence-corrected chi connectivity index (χ0v) is 11.1. The molecule has 94 valence electrons. The van der Waals surface area contributed by atoms with Crippen LogP contribution in [0.25, 0.3) is 0 Å². The van der Waals surface area contributed by atoms with Crippen molar-refractivity contribution in [3.05, 3.63) is 12.2 Å². The normalized spacial score (nSPS) is 15.1. The van der Waals surface area contributed by atoms with E-state index in [1.807, 2.05) is 27.7 Å². The summed E-state index contributed by atoms with van der Waals surface area (Å²) in [5.74, 6) is 0. The number of hydrogen-bond donors (Lipinski definition) is 1. The molecular weight excluding hydrogens is 206 g/mol. The third kappa shape index (κ3) is 4.23. The molecule has 4 nitrogen and oxygen atoms in total. The lowest BCUT2D eigenvalue weighted by Crippen LogP contribution is -2.46. The molecule has 0 saturated carbocycles. The molecule has 0 aromatic rings. The molecule has 1 N–H and O–H groups in total. The lowest BCUT2D eigenvalue weighted by molar-refractivity contribution is 0.0839. The number of carbonyl (C=O) groups excluding carboxylic acids is 1. The summed E-state index contributed by atoms with van der Waals surface area (Å²) in [6, 6.07) is -0.252. The summed E-state index contributed by atoms with van der Waals surface area (Å²) in [6.07, 6.45) is -0.620. The molecule has 0 spiro atoms. The van der Waals surface area contributed by atoms with Gasteiger partial charge in [-0.2, -0.15) is 0 Å². The zero-order chi connectivity index (χ0) is 12.9. The Morgan fingerprint density at radius 2 is 1.81 bits per heavy atom. The Hall–Kier alpha value is -1.03. The van der Waals surface area contributed by atoms with Gasteiger partial charge in [0.05, 0.1) is 19.3 Å². The van der Waals surface area contributed by atoms with Crippen LogP contribution in [0.3, 0.4) is 0 Å². The number of ether oxygens (including phenoxy) is 2. The van der Waals surface area contributed by atoms with E-state index in [1.54, 1.807) is 7.11 Å². The molecule has 0 fully saturated rings. The van der Waals surface area contributed by atoms with E-state index in [2.05, 4.69) is 16.6 Å². The first-order valence-corrected chi connectivity index (χ1v) is 5.30. The van der Waals surface area contributed by atoms with E-state index in [9.17, 15) is 4.79 Å². The Bertz CT molecular complexity index is 255. The second-order valence-corrected chi connectivity index (χ2v) is 4.83. The average Bonchev–Trinajstić information content (AvgIpc) is 2.22. The van der Waals surface area contributed by atoms with Gasteiger partial charge in [0.2, 0.25) is 0 Å². The third-order valence-corrected chi connectivity index (χ3v) is 2.64. The summed E-state index contributed by atoms with van der Waals surface area (Å²) in [7, 11) is 2.94. The van der Waals surface area contributed by atoms with Gasteiger partial charge < -0.3 is 14.8 Å².